The van der Waals surface area contributed by atoms with Crippen molar-refractivity contribution in [2.45, 2.75) is 31.0 Å². The van der Waals surface area contributed by atoms with Gasteiger partial charge in [0.2, 0.25) is 5.91 Å². The van der Waals surface area contributed by atoms with Gasteiger partial charge in [-0.05, 0) is 50.0 Å². The van der Waals surface area contributed by atoms with Crippen LogP contribution in [0.5, 0.6) is 5.75 Å². The lowest BCUT2D eigenvalue weighted by Crippen LogP contribution is -2.74. The number of nitrogens with one attached hydrogen (secondary N) is 1. The van der Waals surface area contributed by atoms with E-state index in [4.69, 9.17) is 5.73 Å². The molecule has 2 aromatic carbocycles. The molecule has 216 valence electrons. The van der Waals surface area contributed by atoms with Crippen LogP contribution in [0, 0.1) is 23.7 Å². The summed E-state index contributed by atoms with van der Waals surface area (Å²) in [5, 5.41) is 26.2. The number of carbonyl (C=O) groups excluding carboxylic acids is 5. The zero-order valence-electron chi connectivity index (χ0n) is 23.4. The van der Waals surface area contributed by atoms with E-state index in [0.717, 1.165) is 5.56 Å². The number of aliphatic hydroxyl groups is 1. The number of benzene rings is 2. The summed E-state index contributed by atoms with van der Waals surface area (Å²) >= 11 is 0. The van der Waals surface area contributed by atoms with Gasteiger partial charge in [0.1, 0.15) is 5.75 Å². The molecule has 2 aromatic rings. The van der Waals surface area contributed by atoms with Gasteiger partial charge in [-0.2, -0.15) is 0 Å². The van der Waals surface area contributed by atoms with Gasteiger partial charge in [-0.15, -0.1) is 0 Å². The van der Waals surface area contributed by atoms with Gasteiger partial charge in [0.15, 0.2) is 34.7 Å². The number of likely N-dealkylation sites (N-methyl/N-ethyl adjacent to an activating group) is 1. The summed E-state index contributed by atoms with van der Waals surface area (Å²) in [4.78, 5) is 70.2. The van der Waals surface area contributed by atoms with Crippen LogP contribution in [0.2, 0.25) is 0 Å². The van der Waals surface area contributed by atoms with Crippen LogP contribution in [-0.2, 0) is 32.1 Å². The Kier molecular flexibility index (Phi) is 6.99. The minimum Gasteiger partial charge on any atom is -0.505 e. The molecule has 0 aromatic heterocycles. The van der Waals surface area contributed by atoms with E-state index in [1.165, 1.54) is 4.90 Å². The second kappa shape index (κ2) is 10.1. The second-order valence-electron chi connectivity index (χ2n) is 11.7. The van der Waals surface area contributed by atoms with Gasteiger partial charge in [-0.1, -0.05) is 30.3 Å². The molecule has 41 heavy (non-hydrogen) atoms. The molecule has 2 fully saturated rings. The van der Waals surface area contributed by atoms with Gasteiger partial charge < -0.3 is 26.2 Å². The van der Waals surface area contributed by atoms with Gasteiger partial charge in [-0.25, -0.2) is 0 Å². The number of primary amides is 1. The highest BCUT2D eigenvalue weighted by Crippen LogP contribution is 2.52. The van der Waals surface area contributed by atoms with Crippen molar-refractivity contribution in [1.29, 1.82) is 0 Å². The Morgan fingerprint density at radius 2 is 1.73 bits per heavy atom. The third-order valence-electron chi connectivity index (χ3n) is 8.85. The number of anilines is 2. The first-order valence-corrected chi connectivity index (χ1v) is 13.5. The van der Waals surface area contributed by atoms with Crippen molar-refractivity contribution in [2.24, 2.45) is 29.4 Å². The van der Waals surface area contributed by atoms with E-state index in [1.54, 1.807) is 34.3 Å². The molecule has 0 radical (unpaired) electrons. The number of phenolic OH excluding ortho intramolecular Hbond substituents is 1. The average Bonchev–Trinajstić information content (AvgIpc) is 2.90. The van der Waals surface area contributed by atoms with Crippen molar-refractivity contribution < 1.29 is 34.2 Å². The highest BCUT2D eigenvalue weighted by molar-refractivity contribution is 6.32. The van der Waals surface area contributed by atoms with E-state index < -0.39 is 64.4 Å². The van der Waals surface area contributed by atoms with Gasteiger partial charge in [-0.3, -0.25) is 28.9 Å². The maximum absolute atomic E-state index is 14.1. The van der Waals surface area contributed by atoms with E-state index in [1.807, 2.05) is 35.2 Å². The minimum absolute atomic E-state index is 0.00549. The van der Waals surface area contributed by atoms with E-state index in [-0.39, 0.29) is 24.2 Å². The molecule has 0 spiro atoms. The first kappa shape index (κ1) is 28.4. The molecule has 6 atom stereocenters. The van der Waals surface area contributed by atoms with E-state index in [0.29, 0.717) is 23.5 Å². The first-order valence-electron chi connectivity index (χ1n) is 13.5. The number of ketones is 4. The number of Topliss-reactive ketones (excluding diaryl/α,β-unsaturated/α-hetero) is 4. The molecule has 2 saturated carbocycles. The first-order chi connectivity index (χ1) is 19.3. The van der Waals surface area contributed by atoms with Gasteiger partial charge in [0.25, 0.3) is 0 Å². The largest absolute Gasteiger partial charge is 0.505 e. The van der Waals surface area contributed by atoms with Crippen molar-refractivity contribution in [1.82, 2.24) is 4.90 Å². The van der Waals surface area contributed by atoms with Crippen LogP contribution in [0.25, 0.3) is 0 Å². The summed E-state index contributed by atoms with van der Waals surface area (Å²) in [5.41, 5.74) is 5.04. The number of carbonyl (C=O) groups is 5. The number of nitrogens with zero attached hydrogens (tertiary/aromatic N) is 2. The van der Waals surface area contributed by atoms with E-state index in [9.17, 15) is 34.2 Å². The van der Waals surface area contributed by atoms with Crippen molar-refractivity contribution in [3.63, 3.8) is 0 Å². The van der Waals surface area contributed by atoms with Crippen LogP contribution in [-0.4, -0.2) is 84.0 Å². The molecule has 11 heteroatoms. The van der Waals surface area contributed by atoms with Crippen molar-refractivity contribution >= 4 is 40.4 Å². The zero-order chi connectivity index (χ0) is 30.0. The fourth-order valence-corrected chi connectivity index (χ4v) is 6.98. The monoisotopic (exact) mass is 562 g/mol. The molecule has 6 unspecified atom stereocenters. The van der Waals surface area contributed by atoms with E-state index >= 15 is 0 Å². The smallest absolute Gasteiger partial charge is 0.235 e. The standard InChI is InChI=1S/C30H34N4O7/c1-33(2)19-12-18(32-13-14-8-6-5-7-9-14)24(35)21-16(19)10-15-11-17-23(34(3)4)26(37)22(29(31)40)28(39)30(17,41)27(38)20(15)25(21)36/h5-9,12,15,17,20,22-23,32,35,41H,10-11,13H2,1-4H3,(H2,31,40). The number of rotatable bonds is 6. The average molecular weight is 563 g/mol. The number of nitrogens with two attached hydrogens (primary N) is 1. The molecule has 0 aliphatic heterocycles. The van der Waals surface area contributed by atoms with Crippen LogP contribution < -0.4 is 16.0 Å². The molecule has 1 amide bonds. The summed E-state index contributed by atoms with van der Waals surface area (Å²) in [6.45, 7) is 0.365. The van der Waals surface area contributed by atoms with Crippen LogP contribution in [0.4, 0.5) is 11.4 Å². The number of hydrogen-bond acceptors (Lipinski definition) is 10. The Bertz CT molecular complexity index is 1470. The van der Waals surface area contributed by atoms with Crippen LogP contribution in [0.1, 0.15) is 27.9 Å². The molecular formula is C30H34N4O7. The van der Waals surface area contributed by atoms with Crippen LogP contribution >= 0.6 is 0 Å². The topological polar surface area (TPSA) is 170 Å². The molecule has 3 aliphatic carbocycles. The normalized spacial score (nSPS) is 29.1. The summed E-state index contributed by atoms with van der Waals surface area (Å²) in [6, 6.07) is 10.1. The second-order valence-corrected chi connectivity index (χ2v) is 11.7. The Labute approximate surface area is 237 Å². The molecule has 11 nitrogen and oxygen atoms in total. The zero-order valence-corrected chi connectivity index (χ0v) is 23.4. The van der Waals surface area contributed by atoms with Gasteiger partial charge >= 0.3 is 0 Å². The molecule has 3 aliphatic rings. The SMILES string of the molecule is CN(C)c1cc(NCc2ccccc2)c(O)c2c1CC1CC3C(N(C)C)C(=O)C(C(N)=O)C(=O)C3(O)C(=O)C1C2=O. The Balaban J connectivity index is 1.60. The van der Waals surface area contributed by atoms with Crippen molar-refractivity contribution in [3.05, 3.63) is 53.1 Å². The number of hydrogen-bond donors (Lipinski definition) is 4. The quantitative estimate of drug-likeness (QED) is 0.288. The lowest BCUT2D eigenvalue weighted by atomic mass is 9.52. The van der Waals surface area contributed by atoms with E-state index in [2.05, 4.69) is 5.32 Å². The third kappa shape index (κ3) is 4.22. The Morgan fingerprint density at radius 1 is 1.07 bits per heavy atom. The van der Waals surface area contributed by atoms with Crippen LogP contribution in [0.3, 0.4) is 0 Å². The van der Waals surface area contributed by atoms with Crippen molar-refractivity contribution in [2.75, 3.05) is 38.4 Å². The highest BCUT2D eigenvalue weighted by atomic mass is 16.3. The van der Waals surface area contributed by atoms with Gasteiger partial charge in [0.05, 0.1) is 23.2 Å². The minimum atomic E-state index is -2.75. The predicted molar refractivity (Wildman–Crippen MR) is 149 cm³/mol. The summed E-state index contributed by atoms with van der Waals surface area (Å²) in [7, 11) is 6.72. The number of phenols is 1. The third-order valence-corrected chi connectivity index (χ3v) is 8.85. The summed E-state index contributed by atoms with van der Waals surface area (Å²) in [6.07, 6.45) is 0.206. The number of fused-ring (bicyclic) bond motifs is 3. The number of amides is 1. The highest BCUT2D eigenvalue weighted by Gasteiger charge is 2.69. The lowest BCUT2D eigenvalue weighted by molar-refractivity contribution is -0.181. The molecule has 5 rings (SSSR count). The van der Waals surface area contributed by atoms with Crippen molar-refractivity contribution in [3.8, 4) is 5.75 Å². The fraction of sp³-hybridized carbons (Fsp3) is 0.433. The molecule has 0 heterocycles. The van der Waals surface area contributed by atoms with Crippen LogP contribution in [0.15, 0.2) is 36.4 Å². The molecule has 0 bridgehead atoms. The molecule has 0 saturated heterocycles. The number of aromatic hydroxyl groups is 1. The lowest BCUT2D eigenvalue weighted by Gasteiger charge is -2.52. The molecular weight excluding hydrogens is 528 g/mol. The van der Waals surface area contributed by atoms with Gasteiger partial charge in [0, 0.05) is 32.2 Å². The fourth-order valence-electron chi connectivity index (χ4n) is 6.98. The maximum atomic E-state index is 14.1. The Hall–Kier alpha value is -4.09. The maximum Gasteiger partial charge on any atom is 0.235 e. The molecule has 5 N–H and O–H groups in total. The summed E-state index contributed by atoms with van der Waals surface area (Å²) < 4.78 is 0. The summed E-state index contributed by atoms with van der Waals surface area (Å²) in [5.74, 6) is -10.6. The Morgan fingerprint density at radius 3 is 2.32 bits per heavy atom. The predicted octanol–water partition coefficient (Wildman–Crippen LogP) is 0.545.